The number of aromatic nitrogens is 1. The molecule has 0 radical (unpaired) electrons. The molecule has 0 spiro atoms. The fourth-order valence-electron chi connectivity index (χ4n) is 3.75. The van der Waals surface area contributed by atoms with Crippen LogP contribution >= 0.6 is 0 Å². The van der Waals surface area contributed by atoms with Crippen LogP contribution in [0.25, 0.3) is 10.9 Å². The lowest BCUT2D eigenvalue weighted by atomic mass is 10.1. The van der Waals surface area contributed by atoms with Gasteiger partial charge in [-0.3, -0.25) is 9.52 Å². The number of piperazine rings is 1. The van der Waals surface area contributed by atoms with E-state index in [2.05, 4.69) is 9.71 Å². The van der Waals surface area contributed by atoms with E-state index < -0.39 is 15.6 Å². The molecule has 0 aliphatic carbocycles. The Labute approximate surface area is 195 Å². The summed E-state index contributed by atoms with van der Waals surface area (Å²) in [7, 11) is -3.41. The van der Waals surface area contributed by atoms with Crippen molar-refractivity contribution in [2.45, 2.75) is 53.1 Å². The van der Waals surface area contributed by atoms with E-state index in [1.807, 2.05) is 34.6 Å². The number of benzene rings is 1. The molecule has 9 nitrogen and oxygen atoms in total. The first-order valence-corrected chi connectivity index (χ1v) is 13.0. The van der Waals surface area contributed by atoms with Crippen LogP contribution in [0.1, 0.15) is 56.6 Å². The van der Waals surface area contributed by atoms with E-state index in [0.717, 1.165) is 22.9 Å². The van der Waals surface area contributed by atoms with E-state index in [-0.39, 0.29) is 17.8 Å². The minimum Gasteiger partial charge on any atom is -0.444 e. The number of fused-ring (bicyclic) bond motifs is 1. The van der Waals surface area contributed by atoms with Gasteiger partial charge < -0.3 is 19.5 Å². The molecule has 0 atom stereocenters. The van der Waals surface area contributed by atoms with E-state index in [4.69, 9.17) is 4.74 Å². The summed E-state index contributed by atoms with van der Waals surface area (Å²) >= 11 is 0. The van der Waals surface area contributed by atoms with Gasteiger partial charge in [0.05, 0.1) is 5.75 Å². The van der Waals surface area contributed by atoms with E-state index in [9.17, 15) is 18.0 Å². The first-order chi connectivity index (χ1) is 15.4. The van der Waals surface area contributed by atoms with Crippen LogP contribution in [0.5, 0.6) is 0 Å². The highest BCUT2D eigenvalue weighted by Gasteiger charge is 2.29. The van der Waals surface area contributed by atoms with Crippen LogP contribution in [0, 0.1) is 6.92 Å². The fourth-order valence-corrected chi connectivity index (χ4v) is 5.00. The third kappa shape index (κ3) is 6.19. The lowest BCUT2D eigenvalue weighted by Gasteiger charge is -2.35. The van der Waals surface area contributed by atoms with Gasteiger partial charge in [-0.25, -0.2) is 13.2 Å². The highest BCUT2D eigenvalue weighted by molar-refractivity contribution is 7.92. The van der Waals surface area contributed by atoms with Crippen molar-refractivity contribution in [2.75, 3.05) is 36.7 Å². The molecule has 2 aromatic rings. The van der Waals surface area contributed by atoms with E-state index in [0.29, 0.717) is 44.0 Å². The molecule has 1 aliphatic heterocycles. The van der Waals surface area contributed by atoms with Crippen LogP contribution in [-0.4, -0.2) is 72.7 Å². The normalized spacial score (nSPS) is 15.1. The summed E-state index contributed by atoms with van der Waals surface area (Å²) in [4.78, 5) is 31.9. The SMILES string of the molecule is CCCCS(=O)(=O)Nc1ccc2[nH]c(C(=O)N3CCN(C(=O)OC(C)(C)C)CC3)c(C)c2c1. The van der Waals surface area contributed by atoms with Crippen molar-refractivity contribution in [2.24, 2.45) is 0 Å². The van der Waals surface area contributed by atoms with E-state index in [1.54, 1.807) is 28.0 Å². The first kappa shape index (κ1) is 24.9. The summed E-state index contributed by atoms with van der Waals surface area (Å²) in [6.07, 6.45) is 1.03. The third-order valence-electron chi connectivity index (χ3n) is 5.53. The highest BCUT2D eigenvalue weighted by Crippen LogP contribution is 2.27. The summed E-state index contributed by atoms with van der Waals surface area (Å²) in [5.41, 5.74) is 1.92. The van der Waals surface area contributed by atoms with Crippen LogP contribution in [-0.2, 0) is 14.8 Å². The molecule has 0 bridgehead atoms. The van der Waals surface area contributed by atoms with Crippen LogP contribution < -0.4 is 4.72 Å². The maximum Gasteiger partial charge on any atom is 0.410 e. The van der Waals surface area contributed by atoms with Gasteiger partial charge in [-0.15, -0.1) is 0 Å². The van der Waals surface area contributed by atoms with Crippen molar-refractivity contribution in [3.8, 4) is 0 Å². The number of hydrogen-bond donors (Lipinski definition) is 2. The summed E-state index contributed by atoms with van der Waals surface area (Å²) in [6, 6.07) is 5.22. The van der Waals surface area contributed by atoms with Crippen molar-refractivity contribution in [3.05, 3.63) is 29.5 Å². The summed E-state index contributed by atoms with van der Waals surface area (Å²) in [5, 5.41) is 0.793. The number of sulfonamides is 1. The van der Waals surface area contributed by atoms with Gasteiger partial charge in [-0.05, 0) is 57.9 Å². The minimum absolute atomic E-state index is 0.0761. The van der Waals surface area contributed by atoms with Gasteiger partial charge in [0, 0.05) is 42.8 Å². The van der Waals surface area contributed by atoms with E-state index >= 15 is 0 Å². The van der Waals surface area contributed by atoms with Crippen molar-refractivity contribution in [1.82, 2.24) is 14.8 Å². The Hall–Kier alpha value is -2.75. The van der Waals surface area contributed by atoms with Gasteiger partial charge in [0.1, 0.15) is 11.3 Å². The number of aryl methyl sites for hydroxylation is 1. The maximum absolute atomic E-state index is 13.2. The molecule has 1 saturated heterocycles. The number of aromatic amines is 1. The number of carbonyl (C=O) groups is 2. The number of nitrogens with one attached hydrogen (secondary N) is 2. The molecule has 1 aromatic carbocycles. The molecule has 3 rings (SSSR count). The number of amides is 2. The topological polar surface area (TPSA) is 112 Å². The molecule has 0 unspecified atom stereocenters. The number of ether oxygens (including phenoxy) is 1. The smallest absolute Gasteiger partial charge is 0.410 e. The summed E-state index contributed by atoms with van der Waals surface area (Å²) in [6.45, 7) is 10.9. The molecular formula is C23H34N4O5S. The van der Waals surface area contributed by atoms with Crippen molar-refractivity contribution >= 4 is 38.6 Å². The van der Waals surface area contributed by atoms with Gasteiger partial charge in [-0.2, -0.15) is 0 Å². The standard InChI is InChI=1S/C23H34N4O5S/c1-6-7-14-33(30,31)25-17-8-9-19-18(15-17)16(2)20(24-19)21(28)26-10-12-27(13-11-26)22(29)32-23(3,4)5/h8-9,15,24-25H,6-7,10-14H2,1-5H3. The molecule has 33 heavy (non-hydrogen) atoms. The largest absolute Gasteiger partial charge is 0.444 e. The minimum atomic E-state index is -3.41. The van der Waals surface area contributed by atoms with Crippen molar-refractivity contribution in [1.29, 1.82) is 0 Å². The highest BCUT2D eigenvalue weighted by atomic mass is 32.2. The Morgan fingerprint density at radius 1 is 1.12 bits per heavy atom. The fraction of sp³-hybridized carbons (Fsp3) is 0.565. The van der Waals surface area contributed by atoms with Crippen LogP contribution in [0.4, 0.5) is 10.5 Å². The summed E-state index contributed by atoms with van der Waals surface area (Å²) < 4.78 is 32.5. The van der Waals surface area contributed by atoms with Crippen molar-refractivity contribution in [3.63, 3.8) is 0 Å². The third-order valence-corrected chi connectivity index (χ3v) is 6.90. The van der Waals surface area contributed by atoms with Gasteiger partial charge >= 0.3 is 6.09 Å². The average molecular weight is 479 g/mol. The Morgan fingerprint density at radius 2 is 1.76 bits per heavy atom. The first-order valence-electron chi connectivity index (χ1n) is 11.3. The van der Waals surface area contributed by atoms with E-state index in [1.165, 1.54) is 0 Å². The average Bonchev–Trinajstić information content (AvgIpc) is 3.06. The zero-order valence-corrected chi connectivity index (χ0v) is 20.8. The molecule has 2 N–H and O–H groups in total. The molecule has 10 heteroatoms. The number of rotatable bonds is 6. The molecule has 1 fully saturated rings. The Kier molecular flexibility index (Phi) is 7.26. The Balaban J connectivity index is 1.71. The molecule has 182 valence electrons. The van der Waals surface area contributed by atoms with Crippen LogP contribution in [0.15, 0.2) is 18.2 Å². The maximum atomic E-state index is 13.2. The molecular weight excluding hydrogens is 444 g/mol. The van der Waals surface area contributed by atoms with Crippen LogP contribution in [0.3, 0.4) is 0 Å². The number of unbranched alkanes of at least 4 members (excludes halogenated alkanes) is 1. The van der Waals surface area contributed by atoms with Crippen LogP contribution in [0.2, 0.25) is 0 Å². The zero-order chi connectivity index (χ0) is 24.4. The molecule has 0 saturated carbocycles. The predicted molar refractivity (Wildman–Crippen MR) is 129 cm³/mol. The zero-order valence-electron chi connectivity index (χ0n) is 20.0. The summed E-state index contributed by atoms with van der Waals surface area (Å²) in [5.74, 6) is -0.0650. The predicted octanol–water partition coefficient (Wildman–Crippen LogP) is 3.71. The van der Waals surface area contributed by atoms with Crippen molar-refractivity contribution < 1.29 is 22.7 Å². The second-order valence-corrected chi connectivity index (χ2v) is 11.3. The van der Waals surface area contributed by atoms with Gasteiger partial charge in [0.25, 0.3) is 5.91 Å². The van der Waals surface area contributed by atoms with Gasteiger partial charge in [-0.1, -0.05) is 13.3 Å². The number of nitrogens with zero attached hydrogens (tertiary/aromatic N) is 2. The molecule has 2 heterocycles. The van der Waals surface area contributed by atoms with Gasteiger partial charge in [0.2, 0.25) is 10.0 Å². The number of H-pyrrole nitrogens is 1. The molecule has 1 aliphatic rings. The number of carbonyl (C=O) groups excluding carboxylic acids is 2. The monoisotopic (exact) mass is 478 g/mol. The van der Waals surface area contributed by atoms with Gasteiger partial charge in [0.15, 0.2) is 0 Å². The number of hydrogen-bond acceptors (Lipinski definition) is 5. The number of anilines is 1. The quantitative estimate of drug-likeness (QED) is 0.657. The second-order valence-electron chi connectivity index (χ2n) is 9.42. The lowest BCUT2D eigenvalue weighted by molar-refractivity contribution is 0.0140. The lowest BCUT2D eigenvalue weighted by Crippen LogP contribution is -2.51. The Morgan fingerprint density at radius 3 is 2.36 bits per heavy atom. The molecule has 2 amide bonds. The molecule has 1 aromatic heterocycles. The second kappa shape index (κ2) is 9.62. The Bertz CT molecular complexity index is 1130.